The second-order valence-electron chi connectivity index (χ2n) is 4.01. The van der Waals surface area contributed by atoms with Gasteiger partial charge in [0.05, 0.1) is 6.61 Å². The van der Waals surface area contributed by atoms with Crippen molar-refractivity contribution in [1.82, 2.24) is 0 Å². The molecule has 0 atom stereocenters. The largest absolute Gasteiger partial charge is 0.493 e. The highest BCUT2D eigenvalue weighted by atomic mass is 16.5. The van der Waals surface area contributed by atoms with E-state index >= 15 is 0 Å². The number of carbonyl (C=O) groups is 1. The van der Waals surface area contributed by atoms with Crippen molar-refractivity contribution in [1.29, 1.82) is 0 Å². The van der Waals surface area contributed by atoms with Crippen molar-refractivity contribution in [2.75, 3.05) is 12.3 Å². The number of anilines is 1. The molecular weight excluding hydrogens is 190 g/mol. The molecule has 0 heterocycles. The summed E-state index contributed by atoms with van der Waals surface area (Å²) in [6.07, 6.45) is 0. The number of ketones is 1. The number of Topliss-reactive ketones (excluding diaryl/α,β-unsaturated/α-hetero) is 1. The number of rotatable bonds is 4. The Morgan fingerprint density at radius 3 is 2.67 bits per heavy atom. The predicted octanol–water partition coefficient (Wildman–Crippen LogP) is 2.51. The van der Waals surface area contributed by atoms with Gasteiger partial charge >= 0.3 is 0 Å². The summed E-state index contributed by atoms with van der Waals surface area (Å²) in [5.41, 5.74) is 6.69. The van der Waals surface area contributed by atoms with E-state index in [9.17, 15) is 4.79 Å². The van der Waals surface area contributed by atoms with Crippen LogP contribution in [-0.4, -0.2) is 12.4 Å². The van der Waals surface area contributed by atoms with E-state index in [0.717, 1.165) is 0 Å². The summed E-state index contributed by atoms with van der Waals surface area (Å²) in [6, 6.07) is 5.18. The van der Waals surface area contributed by atoms with Gasteiger partial charge in [-0.15, -0.1) is 0 Å². The number of hydrogen-bond donors (Lipinski definition) is 1. The van der Waals surface area contributed by atoms with Gasteiger partial charge < -0.3 is 10.5 Å². The summed E-state index contributed by atoms with van der Waals surface area (Å²) in [4.78, 5) is 11.2. The lowest BCUT2D eigenvalue weighted by atomic mass is 10.1. The van der Waals surface area contributed by atoms with Crippen LogP contribution in [0.15, 0.2) is 18.2 Å². The summed E-state index contributed by atoms with van der Waals surface area (Å²) in [7, 11) is 0. The summed E-state index contributed by atoms with van der Waals surface area (Å²) in [5.74, 6) is 1.12. The highest BCUT2D eigenvalue weighted by molar-refractivity contribution is 5.99. The number of nitrogens with two attached hydrogens (primary N) is 1. The Bertz CT molecular complexity index is 359. The van der Waals surface area contributed by atoms with Crippen molar-refractivity contribution in [2.45, 2.75) is 20.8 Å². The molecule has 2 N–H and O–H groups in total. The van der Waals surface area contributed by atoms with Crippen LogP contribution >= 0.6 is 0 Å². The summed E-state index contributed by atoms with van der Waals surface area (Å²) in [6.45, 7) is 6.28. The molecule has 0 fully saturated rings. The van der Waals surface area contributed by atoms with E-state index in [2.05, 4.69) is 13.8 Å². The number of carbonyl (C=O) groups excluding carboxylic acids is 1. The maximum Gasteiger partial charge on any atom is 0.162 e. The first-order valence-corrected chi connectivity index (χ1v) is 5.04. The Morgan fingerprint density at radius 2 is 2.13 bits per heavy atom. The third kappa shape index (κ3) is 3.27. The summed E-state index contributed by atoms with van der Waals surface area (Å²) >= 11 is 0. The van der Waals surface area contributed by atoms with Crippen LogP contribution in [0.3, 0.4) is 0 Å². The Morgan fingerprint density at radius 1 is 1.47 bits per heavy atom. The molecule has 0 saturated carbocycles. The van der Waals surface area contributed by atoms with Gasteiger partial charge in [0.2, 0.25) is 0 Å². The van der Waals surface area contributed by atoms with Gasteiger partial charge in [-0.25, -0.2) is 0 Å². The van der Waals surface area contributed by atoms with Gasteiger partial charge in [-0.3, -0.25) is 4.79 Å². The Labute approximate surface area is 90.2 Å². The van der Waals surface area contributed by atoms with Gasteiger partial charge in [0.25, 0.3) is 0 Å². The fraction of sp³-hybridized carbons (Fsp3) is 0.417. The second kappa shape index (κ2) is 4.82. The fourth-order valence-electron chi connectivity index (χ4n) is 1.19. The van der Waals surface area contributed by atoms with Crippen LogP contribution in [0.2, 0.25) is 0 Å². The molecule has 3 heteroatoms. The minimum absolute atomic E-state index is 0.0394. The second-order valence-corrected chi connectivity index (χ2v) is 4.01. The number of hydrogen-bond acceptors (Lipinski definition) is 3. The monoisotopic (exact) mass is 207 g/mol. The van der Waals surface area contributed by atoms with Crippen molar-refractivity contribution in [3.63, 3.8) is 0 Å². The van der Waals surface area contributed by atoms with E-state index in [0.29, 0.717) is 29.5 Å². The van der Waals surface area contributed by atoms with Crippen LogP contribution in [-0.2, 0) is 0 Å². The van der Waals surface area contributed by atoms with Crippen LogP contribution in [0, 0.1) is 5.92 Å². The molecule has 0 amide bonds. The van der Waals surface area contributed by atoms with E-state index in [4.69, 9.17) is 10.5 Å². The maximum absolute atomic E-state index is 11.2. The lowest BCUT2D eigenvalue weighted by molar-refractivity contribution is 0.101. The first-order valence-electron chi connectivity index (χ1n) is 5.04. The molecule has 0 aliphatic heterocycles. The molecule has 0 aliphatic rings. The van der Waals surface area contributed by atoms with Crippen molar-refractivity contribution in [3.05, 3.63) is 23.8 Å². The smallest absolute Gasteiger partial charge is 0.162 e. The van der Waals surface area contributed by atoms with E-state index in [1.165, 1.54) is 6.92 Å². The molecule has 82 valence electrons. The molecule has 1 rings (SSSR count). The molecule has 0 bridgehead atoms. The minimum Gasteiger partial charge on any atom is -0.493 e. The zero-order chi connectivity index (χ0) is 11.4. The normalized spacial score (nSPS) is 10.4. The highest BCUT2D eigenvalue weighted by Crippen LogP contribution is 2.20. The number of ether oxygens (including phenoxy) is 1. The molecule has 0 spiro atoms. The molecule has 0 aliphatic carbocycles. The Hall–Kier alpha value is -1.51. The SMILES string of the molecule is CC(=O)c1cc(OCC(C)C)ccc1N. The molecule has 0 unspecified atom stereocenters. The Kier molecular flexibility index (Phi) is 3.72. The van der Waals surface area contributed by atoms with Crippen molar-refractivity contribution in [2.24, 2.45) is 5.92 Å². The summed E-state index contributed by atoms with van der Waals surface area (Å²) < 4.78 is 5.51. The standard InChI is InChI=1S/C12H17NO2/c1-8(2)7-15-10-4-5-12(13)11(6-10)9(3)14/h4-6,8H,7,13H2,1-3H3. The third-order valence-corrected chi connectivity index (χ3v) is 1.99. The average Bonchev–Trinajstić information content (AvgIpc) is 2.16. The van der Waals surface area contributed by atoms with Gasteiger partial charge in [0.15, 0.2) is 5.78 Å². The van der Waals surface area contributed by atoms with Crippen LogP contribution in [0.25, 0.3) is 0 Å². The van der Waals surface area contributed by atoms with Gasteiger partial charge in [0.1, 0.15) is 5.75 Å². The lowest BCUT2D eigenvalue weighted by Gasteiger charge is -2.10. The molecule has 15 heavy (non-hydrogen) atoms. The molecular formula is C12H17NO2. The van der Waals surface area contributed by atoms with Crippen LogP contribution < -0.4 is 10.5 Å². The van der Waals surface area contributed by atoms with Gasteiger partial charge in [-0.2, -0.15) is 0 Å². The quantitative estimate of drug-likeness (QED) is 0.609. The van der Waals surface area contributed by atoms with Crippen LogP contribution in [0.4, 0.5) is 5.69 Å². The minimum atomic E-state index is -0.0394. The van der Waals surface area contributed by atoms with E-state index in [1.54, 1.807) is 18.2 Å². The van der Waals surface area contributed by atoms with Crippen molar-refractivity contribution in [3.8, 4) is 5.75 Å². The number of benzene rings is 1. The van der Waals surface area contributed by atoms with Gasteiger partial charge in [-0.05, 0) is 31.0 Å². The van der Waals surface area contributed by atoms with Crippen molar-refractivity contribution >= 4 is 11.5 Å². The van der Waals surface area contributed by atoms with E-state index < -0.39 is 0 Å². The molecule has 0 saturated heterocycles. The molecule has 3 nitrogen and oxygen atoms in total. The zero-order valence-corrected chi connectivity index (χ0v) is 9.41. The topological polar surface area (TPSA) is 52.3 Å². The maximum atomic E-state index is 11.2. The van der Waals surface area contributed by atoms with Crippen molar-refractivity contribution < 1.29 is 9.53 Å². The fourth-order valence-corrected chi connectivity index (χ4v) is 1.19. The van der Waals surface area contributed by atoms with Crippen LogP contribution in [0.1, 0.15) is 31.1 Å². The van der Waals surface area contributed by atoms with Gasteiger partial charge in [-0.1, -0.05) is 13.8 Å². The van der Waals surface area contributed by atoms with Gasteiger partial charge in [0, 0.05) is 11.3 Å². The highest BCUT2D eigenvalue weighted by Gasteiger charge is 2.06. The molecule has 0 aromatic heterocycles. The van der Waals surface area contributed by atoms with E-state index in [1.807, 2.05) is 0 Å². The molecule has 1 aromatic carbocycles. The summed E-state index contributed by atoms with van der Waals surface area (Å²) in [5, 5.41) is 0. The zero-order valence-electron chi connectivity index (χ0n) is 9.41. The molecule has 1 aromatic rings. The Balaban J connectivity index is 2.83. The first kappa shape index (κ1) is 11.6. The molecule has 0 radical (unpaired) electrons. The third-order valence-electron chi connectivity index (χ3n) is 1.99. The van der Waals surface area contributed by atoms with E-state index in [-0.39, 0.29) is 5.78 Å². The first-order chi connectivity index (χ1) is 7.00. The number of nitrogen functional groups attached to an aromatic ring is 1. The van der Waals surface area contributed by atoms with Crippen LogP contribution in [0.5, 0.6) is 5.75 Å². The lowest BCUT2D eigenvalue weighted by Crippen LogP contribution is -2.06. The average molecular weight is 207 g/mol. The predicted molar refractivity (Wildman–Crippen MR) is 61.2 cm³/mol.